The van der Waals surface area contributed by atoms with Crippen molar-refractivity contribution in [2.24, 2.45) is 0 Å². The number of carbonyl (C=O) groups excluding carboxylic acids is 1. The van der Waals surface area contributed by atoms with Crippen molar-refractivity contribution < 1.29 is 23.5 Å². The zero-order valence-electron chi connectivity index (χ0n) is 18.8. The first-order chi connectivity index (χ1) is 12.5. The van der Waals surface area contributed by atoms with E-state index in [9.17, 15) is 9.36 Å². The molecule has 0 aliphatic carbocycles. The zero-order chi connectivity index (χ0) is 22.1. The normalized spacial score (nSPS) is 14.1. The van der Waals surface area contributed by atoms with Gasteiger partial charge >= 0.3 is 8.25 Å². The minimum absolute atomic E-state index is 0.0804. The van der Waals surface area contributed by atoms with E-state index >= 15 is 0 Å². The van der Waals surface area contributed by atoms with Gasteiger partial charge in [-0.3, -0.25) is 4.79 Å². The Morgan fingerprint density at radius 3 is 1.96 bits per heavy atom. The molecule has 0 aliphatic heterocycles. The molecule has 0 heterocycles. The molecule has 1 aromatic carbocycles. The SMILES string of the molecule is COc1c(C(C)=CC(=O)C(C)(C)O[P+](=O)O)cc(C(C)(C)C)cc1C(C)(C)C. The van der Waals surface area contributed by atoms with Crippen molar-refractivity contribution >= 4 is 19.6 Å². The number of ketones is 1. The van der Waals surface area contributed by atoms with Gasteiger partial charge in [0.25, 0.3) is 0 Å². The van der Waals surface area contributed by atoms with Crippen LogP contribution in [0.15, 0.2) is 18.2 Å². The Bertz CT molecular complexity index is 792. The van der Waals surface area contributed by atoms with Crippen LogP contribution in [0, 0.1) is 0 Å². The van der Waals surface area contributed by atoms with Crippen LogP contribution in [0.25, 0.3) is 5.57 Å². The molecule has 1 N–H and O–H groups in total. The maximum atomic E-state index is 12.7. The number of ether oxygens (including phenoxy) is 1. The summed E-state index contributed by atoms with van der Waals surface area (Å²) < 4.78 is 21.7. The van der Waals surface area contributed by atoms with E-state index in [1.807, 2.05) is 13.0 Å². The van der Waals surface area contributed by atoms with Crippen LogP contribution in [0.4, 0.5) is 0 Å². The molecule has 0 fully saturated rings. The molecule has 5 nitrogen and oxygen atoms in total. The molecule has 1 aromatic rings. The lowest BCUT2D eigenvalue weighted by Crippen LogP contribution is -2.31. The molecular weight excluding hydrogens is 375 g/mol. The van der Waals surface area contributed by atoms with E-state index in [1.165, 1.54) is 19.9 Å². The fraction of sp³-hybridized carbons (Fsp3) is 0.591. The summed E-state index contributed by atoms with van der Waals surface area (Å²) in [5.41, 5.74) is 2.12. The van der Waals surface area contributed by atoms with E-state index in [2.05, 4.69) is 47.6 Å². The smallest absolute Gasteiger partial charge is 0.496 e. The Morgan fingerprint density at radius 1 is 1.04 bits per heavy atom. The molecule has 28 heavy (non-hydrogen) atoms. The van der Waals surface area contributed by atoms with Gasteiger partial charge in [0.2, 0.25) is 0 Å². The third kappa shape index (κ3) is 5.97. The second kappa shape index (κ2) is 8.44. The Morgan fingerprint density at radius 2 is 1.57 bits per heavy atom. The maximum absolute atomic E-state index is 12.7. The fourth-order valence-electron chi connectivity index (χ4n) is 2.82. The Hall–Kier alpha value is -1.55. The predicted octanol–water partition coefficient (Wildman–Crippen LogP) is 5.71. The van der Waals surface area contributed by atoms with Gasteiger partial charge < -0.3 is 4.74 Å². The van der Waals surface area contributed by atoms with Gasteiger partial charge in [-0.2, -0.15) is 0 Å². The minimum Gasteiger partial charge on any atom is -0.496 e. The molecule has 0 aliphatic rings. The molecule has 6 heteroatoms. The highest BCUT2D eigenvalue weighted by Crippen LogP contribution is 2.41. The largest absolute Gasteiger partial charge is 0.695 e. The summed E-state index contributed by atoms with van der Waals surface area (Å²) >= 11 is 0. The Balaban J connectivity index is 3.65. The molecule has 1 unspecified atom stereocenters. The third-order valence-corrected chi connectivity index (χ3v) is 5.25. The van der Waals surface area contributed by atoms with Gasteiger partial charge in [0.05, 0.1) is 7.11 Å². The summed E-state index contributed by atoms with van der Waals surface area (Å²) in [7, 11) is -1.25. The van der Waals surface area contributed by atoms with Crippen LogP contribution in [0.3, 0.4) is 0 Å². The van der Waals surface area contributed by atoms with E-state index in [4.69, 9.17) is 14.2 Å². The second-order valence-corrected chi connectivity index (χ2v) is 10.3. The van der Waals surface area contributed by atoms with Crippen molar-refractivity contribution in [3.63, 3.8) is 0 Å². The lowest BCUT2D eigenvalue weighted by Gasteiger charge is -2.29. The number of allylic oxidation sites excluding steroid dienone is 1. The molecule has 156 valence electrons. The van der Waals surface area contributed by atoms with Gasteiger partial charge in [0, 0.05) is 15.7 Å². The Labute approximate surface area is 170 Å². The van der Waals surface area contributed by atoms with Crippen molar-refractivity contribution in [3.05, 3.63) is 34.9 Å². The summed E-state index contributed by atoms with van der Waals surface area (Å²) in [6.07, 6.45) is 1.45. The summed E-state index contributed by atoms with van der Waals surface area (Å²) in [5, 5.41) is 0. The van der Waals surface area contributed by atoms with Gasteiger partial charge in [-0.05, 0) is 54.9 Å². The molecule has 0 spiro atoms. The molecule has 0 radical (unpaired) electrons. The van der Waals surface area contributed by atoms with Crippen LogP contribution in [0.2, 0.25) is 0 Å². The third-order valence-electron chi connectivity index (χ3n) is 4.64. The van der Waals surface area contributed by atoms with Crippen LogP contribution in [0.5, 0.6) is 5.75 Å². The summed E-state index contributed by atoms with van der Waals surface area (Å²) in [6.45, 7) is 17.6. The van der Waals surface area contributed by atoms with E-state index in [1.54, 1.807) is 7.11 Å². The molecule has 0 amide bonds. The van der Waals surface area contributed by atoms with Crippen LogP contribution in [-0.2, 0) is 24.7 Å². The van der Waals surface area contributed by atoms with Crippen molar-refractivity contribution in [3.8, 4) is 5.75 Å². The molecular formula is C22H34O5P+. The lowest BCUT2D eigenvalue weighted by molar-refractivity contribution is -0.126. The zero-order valence-corrected chi connectivity index (χ0v) is 19.7. The topological polar surface area (TPSA) is 72.8 Å². The first-order valence-corrected chi connectivity index (χ1v) is 10.4. The van der Waals surface area contributed by atoms with Crippen molar-refractivity contribution in [1.29, 1.82) is 0 Å². The van der Waals surface area contributed by atoms with E-state index in [0.29, 0.717) is 5.57 Å². The molecule has 0 aromatic heterocycles. The van der Waals surface area contributed by atoms with Gasteiger partial charge in [-0.25, -0.2) is 0 Å². The minimum atomic E-state index is -2.88. The van der Waals surface area contributed by atoms with Gasteiger partial charge in [0.15, 0.2) is 11.4 Å². The molecule has 0 bridgehead atoms. The highest BCUT2D eigenvalue weighted by molar-refractivity contribution is 7.32. The highest BCUT2D eigenvalue weighted by Gasteiger charge is 2.37. The van der Waals surface area contributed by atoms with Crippen LogP contribution >= 0.6 is 8.25 Å². The molecule has 0 saturated heterocycles. The standard InChI is InChI=1S/C22H33O5P/c1-14(11-18(23)22(8,9)27-28(24)25)16-12-15(20(2,3)4)13-17(19(16)26-10)21(5,6)7/h11-13H,1-10H3/p+1. The summed E-state index contributed by atoms with van der Waals surface area (Å²) in [4.78, 5) is 21.7. The van der Waals surface area contributed by atoms with E-state index in [-0.39, 0.29) is 16.6 Å². The Kier molecular flexibility index (Phi) is 7.38. The molecule has 0 saturated carbocycles. The van der Waals surface area contributed by atoms with Gasteiger partial charge in [0.1, 0.15) is 5.75 Å². The van der Waals surface area contributed by atoms with E-state index in [0.717, 1.165) is 22.4 Å². The number of methoxy groups -OCH3 is 1. The highest BCUT2D eigenvalue weighted by atomic mass is 31.1. The van der Waals surface area contributed by atoms with Crippen LogP contribution in [0.1, 0.15) is 79.0 Å². The van der Waals surface area contributed by atoms with Crippen LogP contribution < -0.4 is 4.74 Å². The van der Waals surface area contributed by atoms with Gasteiger partial charge in [-0.1, -0.05) is 47.6 Å². The number of hydrogen-bond acceptors (Lipinski definition) is 4. The first-order valence-electron chi connectivity index (χ1n) is 9.32. The number of benzene rings is 1. The average molecular weight is 409 g/mol. The quantitative estimate of drug-likeness (QED) is 0.481. The molecule has 1 atom stereocenters. The number of carbonyl (C=O) groups is 1. The van der Waals surface area contributed by atoms with E-state index < -0.39 is 13.9 Å². The summed E-state index contributed by atoms with van der Waals surface area (Å²) in [5.74, 6) is 0.344. The maximum Gasteiger partial charge on any atom is 0.695 e. The average Bonchev–Trinajstić information content (AvgIpc) is 2.50. The van der Waals surface area contributed by atoms with Crippen molar-refractivity contribution in [2.75, 3.05) is 7.11 Å². The monoisotopic (exact) mass is 409 g/mol. The number of hydrogen-bond donors (Lipinski definition) is 1. The first kappa shape index (κ1) is 24.5. The van der Waals surface area contributed by atoms with Crippen molar-refractivity contribution in [1.82, 2.24) is 0 Å². The second-order valence-electron chi connectivity index (χ2n) is 9.64. The predicted molar refractivity (Wildman–Crippen MR) is 114 cm³/mol. The van der Waals surface area contributed by atoms with Gasteiger partial charge in [-0.15, -0.1) is 9.42 Å². The lowest BCUT2D eigenvalue weighted by atomic mass is 9.78. The molecule has 1 rings (SSSR count). The van der Waals surface area contributed by atoms with Crippen molar-refractivity contribution in [2.45, 2.75) is 78.7 Å². The van der Waals surface area contributed by atoms with Crippen LogP contribution in [-0.4, -0.2) is 23.4 Å². The number of rotatable bonds is 6. The summed E-state index contributed by atoms with van der Waals surface area (Å²) in [6, 6.07) is 4.22. The fourth-order valence-corrected chi connectivity index (χ4v) is 3.30.